The van der Waals surface area contributed by atoms with Gasteiger partial charge in [0.05, 0.1) is 0 Å². The summed E-state index contributed by atoms with van der Waals surface area (Å²) in [6.07, 6.45) is 0.612. The third-order valence-corrected chi connectivity index (χ3v) is 3.75. The molecule has 126 valence electrons. The third kappa shape index (κ3) is 4.12. The largest absolute Gasteiger partial charge is 0.471 e. The molecule has 3 nitrogen and oxygen atoms in total. The van der Waals surface area contributed by atoms with E-state index in [1.165, 1.54) is 0 Å². The number of aromatic nitrogens is 2. The number of rotatable bonds is 4. The van der Waals surface area contributed by atoms with Crippen molar-refractivity contribution in [2.45, 2.75) is 66.5 Å². The lowest BCUT2D eigenvalue weighted by molar-refractivity contribution is 0.121. The second-order valence-electron chi connectivity index (χ2n) is 7.38. The number of hydrogen-bond donors (Lipinski definition) is 0. The highest BCUT2D eigenvalue weighted by atomic mass is 19.1. The Bertz CT molecular complexity index is 696. The zero-order valence-corrected chi connectivity index (χ0v) is 15.2. The number of halogens is 1. The molecule has 23 heavy (non-hydrogen) atoms. The minimum atomic E-state index is -0.324. The highest BCUT2D eigenvalue weighted by Gasteiger charge is 2.22. The van der Waals surface area contributed by atoms with E-state index in [9.17, 15) is 4.39 Å². The Balaban J connectivity index is 2.44. The Morgan fingerprint density at radius 3 is 2.39 bits per heavy atom. The summed E-state index contributed by atoms with van der Waals surface area (Å²) in [5.41, 5.74) is 3.36. The quantitative estimate of drug-likeness (QED) is 0.794. The van der Waals surface area contributed by atoms with Gasteiger partial charge in [-0.3, -0.25) is 4.68 Å². The summed E-state index contributed by atoms with van der Waals surface area (Å²) in [4.78, 5) is 0. The number of ether oxygens (including phenoxy) is 1. The van der Waals surface area contributed by atoms with Gasteiger partial charge in [-0.15, -0.1) is 5.10 Å². The predicted molar refractivity (Wildman–Crippen MR) is 91.7 cm³/mol. The second kappa shape index (κ2) is 6.34. The summed E-state index contributed by atoms with van der Waals surface area (Å²) >= 11 is 0. The van der Waals surface area contributed by atoms with E-state index in [1.54, 1.807) is 13.0 Å². The van der Waals surface area contributed by atoms with Crippen LogP contribution in [0.2, 0.25) is 0 Å². The van der Waals surface area contributed by atoms with E-state index in [0.29, 0.717) is 17.9 Å². The Morgan fingerprint density at radius 2 is 1.87 bits per heavy atom. The molecule has 0 bridgehead atoms. The van der Waals surface area contributed by atoms with Crippen LogP contribution in [-0.2, 0) is 6.42 Å². The van der Waals surface area contributed by atoms with Crippen molar-refractivity contribution in [1.29, 1.82) is 0 Å². The van der Waals surface area contributed by atoms with Crippen molar-refractivity contribution in [2.24, 2.45) is 0 Å². The number of hydrogen-bond acceptors (Lipinski definition) is 2. The maximum absolute atomic E-state index is 13.8. The molecule has 0 N–H and O–H groups in total. The lowest BCUT2D eigenvalue weighted by Gasteiger charge is -2.20. The lowest BCUT2D eigenvalue weighted by atomic mass is 10.0. The molecular weight excluding hydrogens is 291 g/mol. The molecule has 0 atom stereocenters. The van der Waals surface area contributed by atoms with Crippen LogP contribution in [0.5, 0.6) is 5.88 Å². The fourth-order valence-corrected chi connectivity index (χ4v) is 2.56. The van der Waals surface area contributed by atoms with E-state index in [2.05, 4.69) is 18.9 Å². The van der Waals surface area contributed by atoms with Gasteiger partial charge in [0.25, 0.3) is 0 Å². The molecule has 1 heterocycles. The van der Waals surface area contributed by atoms with Gasteiger partial charge in [-0.25, -0.2) is 4.39 Å². The van der Waals surface area contributed by atoms with Crippen LogP contribution in [0.15, 0.2) is 18.2 Å². The lowest BCUT2D eigenvalue weighted by Crippen LogP contribution is -2.24. The minimum Gasteiger partial charge on any atom is -0.471 e. The highest BCUT2D eigenvalue weighted by Crippen LogP contribution is 2.29. The first kappa shape index (κ1) is 17.5. The number of benzene rings is 1. The first-order valence-corrected chi connectivity index (χ1v) is 8.10. The van der Waals surface area contributed by atoms with Crippen LogP contribution < -0.4 is 4.74 Å². The van der Waals surface area contributed by atoms with E-state index < -0.39 is 0 Å². The molecule has 2 aromatic rings. The summed E-state index contributed by atoms with van der Waals surface area (Å²) in [5.74, 6) is 0.472. The van der Waals surface area contributed by atoms with Gasteiger partial charge in [0.2, 0.25) is 5.88 Å². The van der Waals surface area contributed by atoms with Gasteiger partial charge in [0.15, 0.2) is 0 Å². The van der Waals surface area contributed by atoms with Gasteiger partial charge < -0.3 is 4.74 Å². The first-order chi connectivity index (χ1) is 10.6. The molecule has 2 rings (SSSR count). The molecule has 0 amide bonds. The summed E-state index contributed by atoms with van der Waals surface area (Å²) < 4.78 is 21.9. The summed E-state index contributed by atoms with van der Waals surface area (Å²) in [5, 5.41) is 4.63. The standard InChI is InChI=1S/C19H27FN2O/c1-12(2)22-14(4)16(18(21-22)23-19(5,6)7)10-15-9-8-13(3)17(20)11-15/h8-9,11-12H,10H2,1-7H3. The number of nitrogens with zero attached hydrogens (tertiary/aromatic N) is 2. The molecule has 0 saturated carbocycles. The van der Waals surface area contributed by atoms with Crippen molar-refractivity contribution >= 4 is 0 Å². The van der Waals surface area contributed by atoms with Gasteiger partial charge in [0.1, 0.15) is 11.4 Å². The molecule has 0 radical (unpaired) electrons. The average molecular weight is 318 g/mol. The van der Waals surface area contributed by atoms with Crippen LogP contribution in [0, 0.1) is 19.7 Å². The third-order valence-electron chi connectivity index (χ3n) is 3.75. The fraction of sp³-hybridized carbons (Fsp3) is 0.526. The Hall–Kier alpha value is -1.84. The SMILES string of the molecule is Cc1ccc(Cc2c(OC(C)(C)C)nn(C(C)C)c2C)cc1F. The van der Waals surface area contributed by atoms with Gasteiger partial charge in [-0.1, -0.05) is 12.1 Å². The Morgan fingerprint density at radius 1 is 1.22 bits per heavy atom. The molecule has 0 aliphatic rings. The van der Waals surface area contributed by atoms with Crippen LogP contribution in [0.4, 0.5) is 4.39 Å². The second-order valence-corrected chi connectivity index (χ2v) is 7.38. The van der Waals surface area contributed by atoms with Gasteiger partial charge >= 0.3 is 0 Å². The molecule has 0 fully saturated rings. The van der Waals surface area contributed by atoms with E-state index in [4.69, 9.17) is 4.74 Å². The van der Waals surface area contributed by atoms with Crippen molar-refractivity contribution in [3.63, 3.8) is 0 Å². The summed E-state index contributed by atoms with van der Waals surface area (Å²) in [7, 11) is 0. The van der Waals surface area contributed by atoms with Gasteiger partial charge in [0, 0.05) is 23.7 Å². The van der Waals surface area contributed by atoms with Crippen molar-refractivity contribution in [2.75, 3.05) is 0 Å². The van der Waals surface area contributed by atoms with E-state index in [-0.39, 0.29) is 17.5 Å². The maximum Gasteiger partial charge on any atom is 0.237 e. The van der Waals surface area contributed by atoms with E-state index in [1.807, 2.05) is 44.5 Å². The Labute approximate surface area is 138 Å². The molecular formula is C19H27FN2O. The monoisotopic (exact) mass is 318 g/mol. The zero-order chi connectivity index (χ0) is 17.4. The Kier molecular flexibility index (Phi) is 4.83. The molecule has 0 spiro atoms. The van der Waals surface area contributed by atoms with Crippen LogP contribution in [0.3, 0.4) is 0 Å². The van der Waals surface area contributed by atoms with Crippen molar-refractivity contribution in [3.05, 3.63) is 46.4 Å². The summed E-state index contributed by atoms with van der Waals surface area (Å²) in [6.45, 7) is 14.0. The predicted octanol–water partition coefficient (Wildman–Crippen LogP) is 4.99. The number of aryl methyl sites for hydroxylation is 1. The molecule has 1 aromatic carbocycles. The zero-order valence-electron chi connectivity index (χ0n) is 15.2. The van der Waals surface area contributed by atoms with E-state index in [0.717, 1.165) is 16.8 Å². The maximum atomic E-state index is 13.8. The summed E-state index contributed by atoms with van der Waals surface area (Å²) in [6, 6.07) is 5.63. The molecule has 1 aromatic heterocycles. The van der Waals surface area contributed by atoms with Crippen molar-refractivity contribution in [1.82, 2.24) is 9.78 Å². The topological polar surface area (TPSA) is 27.1 Å². The first-order valence-electron chi connectivity index (χ1n) is 8.10. The smallest absolute Gasteiger partial charge is 0.237 e. The van der Waals surface area contributed by atoms with Crippen LogP contribution in [0.25, 0.3) is 0 Å². The highest BCUT2D eigenvalue weighted by molar-refractivity contribution is 5.37. The fourth-order valence-electron chi connectivity index (χ4n) is 2.56. The molecule has 0 aliphatic carbocycles. The average Bonchev–Trinajstić information content (AvgIpc) is 2.70. The minimum absolute atomic E-state index is 0.172. The van der Waals surface area contributed by atoms with Crippen molar-refractivity contribution in [3.8, 4) is 5.88 Å². The van der Waals surface area contributed by atoms with Crippen LogP contribution >= 0.6 is 0 Å². The van der Waals surface area contributed by atoms with Gasteiger partial charge in [-0.2, -0.15) is 0 Å². The van der Waals surface area contributed by atoms with Gasteiger partial charge in [-0.05, 0) is 65.7 Å². The van der Waals surface area contributed by atoms with Crippen molar-refractivity contribution < 1.29 is 9.13 Å². The normalized spacial score (nSPS) is 12.0. The molecule has 4 heteroatoms. The van der Waals surface area contributed by atoms with Crippen LogP contribution in [-0.4, -0.2) is 15.4 Å². The van der Waals surface area contributed by atoms with Crippen LogP contribution in [0.1, 0.15) is 63.0 Å². The molecule has 0 aliphatic heterocycles. The molecule has 0 saturated heterocycles. The molecule has 0 unspecified atom stereocenters. The van der Waals surface area contributed by atoms with E-state index >= 15 is 0 Å².